The van der Waals surface area contributed by atoms with Gasteiger partial charge in [0.2, 0.25) is 0 Å². The summed E-state index contributed by atoms with van der Waals surface area (Å²) in [7, 11) is 0. The minimum absolute atomic E-state index is 0.403. The Hall–Kier alpha value is 0.0400. The largest absolute Gasteiger partial charge is 0.0826 e. The molecule has 0 aromatic heterocycles. The van der Waals surface area contributed by atoms with Gasteiger partial charge in [-0.15, -0.1) is 0 Å². The van der Waals surface area contributed by atoms with E-state index < -0.39 is 0 Å². The minimum Gasteiger partial charge on any atom is -0.0826 e. The lowest BCUT2D eigenvalue weighted by Gasteiger charge is -2.09. The number of halogens is 4. The Morgan fingerprint density at radius 2 is 1.53 bits per heavy atom. The number of hydrogen-bond acceptors (Lipinski definition) is 0. The lowest BCUT2D eigenvalue weighted by molar-refractivity contribution is 1.44. The van der Waals surface area contributed by atoms with Crippen molar-refractivity contribution in [3.63, 3.8) is 0 Å². The van der Waals surface area contributed by atoms with Crippen LogP contribution in [0, 0.1) is 10.5 Å². The molecule has 0 unspecified atom stereocenters. The molecule has 0 amide bonds. The van der Waals surface area contributed by atoms with Crippen LogP contribution in [0.2, 0.25) is 15.1 Å². The summed E-state index contributed by atoms with van der Waals surface area (Å²) >= 11 is 20.3. The van der Waals surface area contributed by atoms with Crippen LogP contribution < -0.4 is 0 Å². The number of rotatable bonds is 1. The molecular weight excluding hydrogens is 389 g/mol. The fourth-order valence-corrected chi connectivity index (χ4v) is 2.91. The fourth-order valence-electron chi connectivity index (χ4n) is 1.66. The van der Waals surface area contributed by atoms with Gasteiger partial charge in [0, 0.05) is 3.57 Å². The van der Waals surface area contributed by atoms with Crippen LogP contribution in [0.4, 0.5) is 0 Å². The maximum atomic E-state index is 6.03. The molecule has 0 saturated carbocycles. The van der Waals surface area contributed by atoms with Crippen molar-refractivity contribution in [2.24, 2.45) is 0 Å². The molecule has 0 heterocycles. The van der Waals surface area contributed by atoms with Crippen LogP contribution in [-0.2, 0) is 0 Å². The highest BCUT2D eigenvalue weighted by molar-refractivity contribution is 14.1. The monoisotopic (exact) mass is 396 g/mol. The molecule has 0 aliphatic rings. The van der Waals surface area contributed by atoms with E-state index in [-0.39, 0.29) is 0 Å². The number of aryl methyl sites for hydroxylation is 1. The minimum atomic E-state index is 0.403. The first-order valence-corrected chi connectivity index (χ1v) is 7.11. The molecule has 0 aliphatic heterocycles. The van der Waals surface area contributed by atoms with Crippen molar-refractivity contribution < 1.29 is 0 Å². The highest BCUT2D eigenvalue weighted by Gasteiger charge is 2.09. The van der Waals surface area contributed by atoms with E-state index in [0.29, 0.717) is 15.1 Å². The van der Waals surface area contributed by atoms with Crippen LogP contribution in [0.1, 0.15) is 5.56 Å². The summed E-state index contributed by atoms with van der Waals surface area (Å²) in [5.74, 6) is 0. The second kappa shape index (κ2) is 5.35. The van der Waals surface area contributed by atoms with E-state index in [1.807, 2.05) is 12.1 Å². The predicted molar refractivity (Wildman–Crippen MR) is 84.4 cm³/mol. The molecule has 0 spiro atoms. The molecule has 0 N–H and O–H groups in total. The van der Waals surface area contributed by atoms with Gasteiger partial charge in [-0.05, 0) is 70.5 Å². The second-order valence-electron chi connectivity index (χ2n) is 3.71. The van der Waals surface area contributed by atoms with Crippen molar-refractivity contribution in [1.29, 1.82) is 0 Å². The molecule has 0 fully saturated rings. The number of hydrogen-bond donors (Lipinski definition) is 0. The Balaban J connectivity index is 2.61. The first-order valence-electron chi connectivity index (χ1n) is 4.90. The van der Waals surface area contributed by atoms with E-state index >= 15 is 0 Å². The van der Waals surface area contributed by atoms with Crippen LogP contribution in [0.15, 0.2) is 30.3 Å². The normalized spacial score (nSPS) is 10.6. The summed E-state index contributed by atoms with van der Waals surface area (Å²) in [4.78, 5) is 0. The van der Waals surface area contributed by atoms with Gasteiger partial charge in [0.1, 0.15) is 0 Å². The summed E-state index contributed by atoms with van der Waals surface area (Å²) in [6, 6.07) is 9.91. The van der Waals surface area contributed by atoms with Gasteiger partial charge in [-0.1, -0.05) is 40.9 Å². The van der Waals surface area contributed by atoms with Gasteiger partial charge in [-0.2, -0.15) is 0 Å². The Labute approximate surface area is 129 Å². The first kappa shape index (κ1) is 13.5. The average molecular weight is 397 g/mol. The van der Waals surface area contributed by atoms with Crippen LogP contribution in [0.3, 0.4) is 0 Å². The first-order chi connectivity index (χ1) is 7.99. The van der Waals surface area contributed by atoms with Gasteiger partial charge in [0.25, 0.3) is 0 Å². The molecule has 0 aliphatic carbocycles. The molecule has 4 heteroatoms. The standard InChI is InChI=1S/C13H8Cl3I/c1-7-4-9(17)2-3-10(7)8-5-11(14)13(16)12(15)6-8/h2-6H,1H3. The van der Waals surface area contributed by atoms with Crippen molar-refractivity contribution in [3.05, 3.63) is 54.5 Å². The molecule has 2 rings (SSSR count). The van der Waals surface area contributed by atoms with E-state index in [4.69, 9.17) is 34.8 Å². The fraction of sp³-hybridized carbons (Fsp3) is 0.0769. The van der Waals surface area contributed by atoms with Crippen molar-refractivity contribution in [2.75, 3.05) is 0 Å². The quantitative estimate of drug-likeness (QED) is 0.395. The SMILES string of the molecule is Cc1cc(I)ccc1-c1cc(Cl)c(Cl)c(Cl)c1. The van der Waals surface area contributed by atoms with Crippen molar-refractivity contribution in [1.82, 2.24) is 0 Å². The Kier molecular flexibility index (Phi) is 4.24. The Morgan fingerprint density at radius 1 is 0.941 bits per heavy atom. The average Bonchev–Trinajstić information content (AvgIpc) is 2.25. The summed E-state index contributed by atoms with van der Waals surface area (Å²) in [5.41, 5.74) is 3.29. The lowest BCUT2D eigenvalue weighted by Crippen LogP contribution is -1.85. The van der Waals surface area contributed by atoms with E-state index in [9.17, 15) is 0 Å². The molecule has 0 nitrogen and oxygen atoms in total. The lowest BCUT2D eigenvalue weighted by atomic mass is 10.0. The van der Waals surface area contributed by atoms with Crippen LogP contribution in [-0.4, -0.2) is 0 Å². The molecule has 0 bridgehead atoms. The molecule has 0 saturated heterocycles. The topological polar surface area (TPSA) is 0 Å². The maximum absolute atomic E-state index is 6.03. The molecule has 2 aromatic carbocycles. The van der Waals surface area contributed by atoms with Gasteiger partial charge in [0.15, 0.2) is 0 Å². The smallest absolute Gasteiger partial charge is 0.0778 e. The van der Waals surface area contributed by atoms with E-state index in [1.54, 1.807) is 0 Å². The van der Waals surface area contributed by atoms with Crippen LogP contribution >= 0.6 is 57.4 Å². The summed E-state index contributed by atoms with van der Waals surface area (Å²) in [6.45, 7) is 2.06. The zero-order valence-electron chi connectivity index (χ0n) is 8.90. The predicted octanol–water partition coefficient (Wildman–Crippen LogP) is 6.23. The van der Waals surface area contributed by atoms with Gasteiger partial charge in [-0.25, -0.2) is 0 Å². The molecular formula is C13H8Cl3I. The molecule has 0 radical (unpaired) electrons. The summed E-state index contributed by atoms with van der Waals surface area (Å²) in [5, 5.41) is 1.36. The van der Waals surface area contributed by atoms with E-state index in [0.717, 1.165) is 11.1 Å². The molecule has 17 heavy (non-hydrogen) atoms. The third kappa shape index (κ3) is 2.90. The highest BCUT2D eigenvalue weighted by Crippen LogP contribution is 2.36. The summed E-state index contributed by atoms with van der Waals surface area (Å²) in [6.07, 6.45) is 0. The number of benzene rings is 2. The summed E-state index contributed by atoms with van der Waals surface area (Å²) < 4.78 is 1.20. The van der Waals surface area contributed by atoms with Gasteiger partial charge in [-0.3, -0.25) is 0 Å². The highest BCUT2D eigenvalue weighted by atomic mass is 127. The third-order valence-electron chi connectivity index (χ3n) is 2.48. The Morgan fingerprint density at radius 3 is 2.06 bits per heavy atom. The van der Waals surface area contributed by atoms with Crippen LogP contribution in [0.5, 0.6) is 0 Å². The molecule has 88 valence electrons. The zero-order valence-corrected chi connectivity index (χ0v) is 13.3. The second-order valence-corrected chi connectivity index (χ2v) is 6.15. The third-order valence-corrected chi connectivity index (χ3v) is 4.35. The van der Waals surface area contributed by atoms with Crippen molar-refractivity contribution in [2.45, 2.75) is 6.92 Å². The maximum Gasteiger partial charge on any atom is 0.0778 e. The molecule has 2 aromatic rings. The van der Waals surface area contributed by atoms with Gasteiger partial charge >= 0.3 is 0 Å². The van der Waals surface area contributed by atoms with E-state index in [1.165, 1.54) is 9.13 Å². The van der Waals surface area contributed by atoms with Gasteiger partial charge in [0.05, 0.1) is 15.1 Å². The van der Waals surface area contributed by atoms with Crippen molar-refractivity contribution in [3.8, 4) is 11.1 Å². The van der Waals surface area contributed by atoms with Gasteiger partial charge < -0.3 is 0 Å². The van der Waals surface area contributed by atoms with E-state index in [2.05, 4.69) is 47.7 Å². The Bertz CT molecular complexity index is 556. The van der Waals surface area contributed by atoms with Crippen molar-refractivity contribution >= 4 is 57.4 Å². The molecule has 0 atom stereocenters. The zero-order chi connectivity index (χ0) is 12.6. The van der Waals surface area contributed by atoms with Crippen LogP contribution in [0.25, 0.3) is 11.1 Å².